The van der Waals surface area contributed by atoms with Crippen molar-refractivity contribution in [2.45, 2.75) is 6.92 Å². The fourth-order valence-electron chi connectivity index (χ4n) is 3.07. The smallest absolute Gasteiger partial charge is 0.248 e. The molecule has 0 spiro atoms. The van der Waals surface area contributed by atoms with Gasteiger partial charge in [0.1, 0.15) is 23.7 Å². The maximum absolute atomic E-state index is 14.6. The molecule has 0 aliphatic rings. The van der Waals surface area contributed by atoms with Gasteiger partial charge in [0.25, 0.3) is 0 Å². The van der Waals surface area contributed by atoms with Crippen molar-refractivity contribution in [2.24, 2.45) is 0 Å². The zero-order chi connectivity index (χ0) is 22.1. The van der Waals surface area contributed by atoms with E-state index in [-0.39, 0.29) is 38.4 Å². The first-order valence-corrected chi connectivity index (χ1v) is 9.60. The number of amides is 1. The lowest BCUT2D eigenvalue weighted by atomic mass is 10.0. The molecule has 0 N–H and O–H groups in total. The number of nitrogens with zero attached hydrogens (tertiary/aromatic N) is 4. The third kappa shape index (κ3) is 3.87. The molecule has 156 valence electrons. The number of hydrogen-bond donors (Lipinski definition) is 0. The van der Waals surface area contributed by atoms with Crippen LogP contribution < -0.4 is 4.90 Å². The highest BCUT2D eigenvalue weighted by atomic mass is 35.5. The van der Waals surface area contributed by atoms with Crippen LogP contribution in [0.15, 0.2) is 59.5 Å². The van der Waals surface area contributed by atoms with E-state index in [2.05, 4.69) is 15.1 Å². The predicted molar refractivity (Wildman–Crippen MR) is 112 cm³/mol. The van der Waals surface area contributed by atoms with E-state index < -0.39 is 17.5 Å². The molecule has 0 saturated heterocycles. The van der Waals surface area contributed by atoms with Crippen molar-refractivity contribution in [3.63, 3.8) is 0 Å². The van der Waals surface area contributed by atoms with Gasteiger partial charge < -0.3 is 4.52 Å². The Hall–Kier alpha value is -3.36. The van der Waals surface area contributed by atoms with Crippen LogP contribution in [0.1, 0.15) is 6.92 Å². The van der Waals surface area contributed by atoms with Crippen molar-refractivity contribution in [2.75, 3.05) is 4.90 Å². The SMILES string of the molecule is CC(=O)N(c1onc(-c2ccc(F)cc2F)c1-c1ccncn1)c1c(Cl)cccc1Cl. The average molecular weight is 461 g/mol. The minimum absolute atomic E-state index is 0.0145. The van der Waals surface area contributed by atoms with Crippen molar-refractivity contribution in [1.29, 1.82) is 0 Å². The average Bonchev–Trinajstić information content (AvgIpc) is 3.15. The maximum Gasteiger partial charge on any atom is 0.248 e. The lowest BCUT2D eigenvalue weighted by Gasteiger charge is -2.21. The molecule has 31 heavy (non-hydrogen) atoms. The minimum atomic E-state index is -0.861. The summed E-state index contributed by atoms with van der Waals surface area (Å²) >= 11 is 12.6. The summed E-state index contributed by atoms with van der Waals surface area (Å²) in [5, 5.41) is 4.33. The van der Waals surface area contributed by atoms with Crippen LogP contribution in [-0.4, -0.2) is 21.0 Å². The fourth-order valence-corrected chi connectivity index (χ4v) is 3.64. The van der Waals surface area contributed by atoms with Crippen molar-refractivity contribution in [3.8, 4) is 22.5 Å². The summed E-state index contributed by atoms with van der Waals surface area (Å²) in [6.45, 7) is 1.28. The molecule has 4 rings (SSSR count). The quantitative estimate of drug-likeness (QED) is 0.369. The van der Waals surface area contributed by atoms with Gasteiger partial charge in [0.2, 0.25) is 11.8 Å². The number of anilines is 2. The Morgan fingerprint density at radius 3 is 2.45 bits per heavy atom. The molecule has 2 aromatic heterocycles. The Morgan fingerprint density at radius 1 is 1.10 bits per heavy atom. The van der Waals surface area contributed by atoms with Gasteiger partial charge in [0, 0.05) is 24.8 Å². The van der Waals surface area contributed by atoms with E-state index in [0.717, 1.165) is 17.0 Å². The lowest BCUT2D eigenvalue weighted by Crippen LogP contribution is -2.23. The Balaban J connectivity index is 2.02. The molecule has 6 nitrogen and oxygen atoms in total. The zero-order valence-corrected chi connectivity index (χ0v) is 17.3. The van der Waals surface area contributed by atoms with Gasteiger partial charge in [0.05, 0.1) is 27.0 Å². The van der Waals surface area contributed by atoms with Gasteiger partial charge in [-0.3, -0.25) is 4.79 Å². The summed E-state index contributed by atoms with van der Waals surface area (Å²) in [6.07, 6.45) is 2.74. The molecular weight excluding hydrogens is 449 g/mol. The summed E-state index contributed by atoms with van der Waals surface area (Å²) in [7, 11) is 0. The van der Waals surface area contributed by atoms with Crippen LogP contribution in [0.3, 0.4) is 0 Å². The summed E-state index contributed by atoms with van der Waals surface area (Å²) in [6, 6.07) is 9.30. The summed E-state index contributed by atoms with van der Waals surface area (Å²) in [4.78, 5) is 21.8. The van der Waals surface area contributed by atoms with E-state index in [0.29, 0.717) is 5.69 Å². The summed E-state index contributed by atoms with van der Waals surface area (Å²) in [5.41, 5.74) is 0.605. The molecule has 0 fully saturated rings. The second-order valence-corrected chi connectivity index (χ2v) is 7.17. The minimum Gasteiger partial charge on any atom is -0.336 e. The number of benzene rings is 2. The maximum atomic E-state index is 14.6. The molecule has 4 aromatic rings. The van der Waals surface area contributed by atoms with Crippen molar-refractivity contribution in [1.82, 2.24) is 15.1 Å². The number of halogens is 4. The van der Waals surface area contributed by atoms with Gasteiger partial charge in [-0.1, -0.05) is 34.4 Å². The lowest BCUT2D eigenvalue weighted by molar-refractivity contribution is -0.116. The molecule has 1 amide bonds. The van der Waals surface area contributed by atoms with E-state index in [1.807, 2.05) is 0 Å². The third-order valence-electron chi connectivity index (χ3n) is 4.38. The number of rotatable bonds is 4. The standard InChI is InChI=1S/C21H12Cl2F2N4O2/c1-11(30)29(20-14(22)3-2-4-15(20)23)21-18(17-7-8-26-10-27-17)19(28-31-21)13-6-5-12(24)9-16(13)25/h2-10H,1H3. The van der Waals surface area contributed by atoms with Gasteiger partial charge in [-0.25, -0.2) is 23.6 Å². The number of hydrogen-bond acceptors (Lipinski definition) is 5. The van der Waals surface area contributed by atoms with E-state index in [1.165, 1.54) is 31.6 Å². The summed E-state index contributed by atoms with van der Waals surface area (Å²) in [5.74, 6) is -2.19. The van der Waals surface area contributed by atoms with E-state index in [9.17, 15) is 13.6 Å². The molecule has 0 bridgehead atoms. The predicted octanol–water partition coefficient (Wildman–Crippen LogP) is 6.07. The third-order valence-corrected chi connectivity index (χ3v) is 4.99. The van der Waals surface area contributed by atoms with Crippen LogP contribution in [0, 0.1) is 11.6 Å². The second-order valence-electron chi connectivity index (χ2n) is 6.35. The van der Waals surface area contributed by atoms with Crippen LogP contribution in [0.5, 0.6) is 0 Å². The number of carbonyl (C=O) groups is 1. The van der Waals surface area contributed by atoms with Crippen molar-refractivity contribution < 1.29 is 18.1 Å². The first-order valence-electron chi connectivity index (χ1n) is 8.84. The molecule has 2 aromatic carbocycles. The number of para-hydroxylation sites is 1. The van der Waals surface area contributed by atoms with Crippen LogP contribution in [0.4, 0.5) is 20.4 Å². The Morgan fingerprint density at radius 2 is 1.84 bits per heavy atom. The summed E-state index contributed by atoms with van der Waals surface area (Å²) < 4.78 is 33.5. The second kappa shape index (κ2) is 8.41. The van der Waals surface area contributed by atoms with Crippen LogP contribution >= 0.6 is 23.2 Å². The van der Waals surface area contributed by atoms with Crippen molar-refractivity contribution in [3.05, 3.63) is 76.7 Å². The van der Waals surface area contributed by atoms with Gasteiger partial charge in [-0.05, 0) is 30.3 Å². The normalized spacial score (nSPS) is 10.9. The molecule has 10 heteroatoms. The highest BCUT2D eigenvalue weighted by Crippen LogP contribution is 2.45. The fraction of sp³-hybridized carbons (Fsp3) is 0.0476. The van der Waals surface area contributed by atoms with Gasteiger partial charge in [-0.2, -0.15) is 0 Å². The molecular formula is C21H12Cl2F2N4O2. The van der Waals surface area contributed by atoms with Gasteiger partial charge >= 0.3 is 0 Å². The number of aromatic nitrogens is 3. The van der Waals surface area contributed by atoms with E-state index >= 15 is 0 Å². The van der Waals surface area contributed by atoms with Gasteiger partial charge in [-0.15, -0.1) is 0 Å². The van der Waals surface area contributed by atoms with E-state index in [1.54, 1.807) is 18.2 Å². The van der Waals surface area contributed by atoms with Crippen molar-refractivity contribution >= 4 is 40.7 Å². The molecule has 0 radical (unpaired) electrons. The Kier molecular flexibility index (Phi) is 5.67. The molecule has 0 aliphatic carbocycles. The molecule has 0 aliphatic heterocycles. The largest absolute Gasteiger partial charge is 0.336 e. The van der Waals surface area contributed by atoms with Gasteiger partial charge in [0.15, 0.2) is 0 Å². The molecule has 0 atom stereocenters. The number of carbonyl (C=O) groups excluding carboxylic acids is 1. The monoisotopic (exact) mass is 460 g/mol. The van der Waals surface area contributed by atoms with Crippen LogP contribution in [-0.2, 0) is 4.79 Å². The molecule has 2 heterocycles. The molecule has 0 saturated carbocycles. The highest BCUT2D eigenvalue weighted by Gasteiger charge is 2.31. The van der Waals surface area contributed by atoms with Crippen LogP contribution in [0.25, 0.3) is 22.5 Å². The topological polar surface area (TPSA) is 72.1 Å². The zero-order valence-electron chi connectivity index (χ0n) is 15.8. The van der Waals surface area contributed by atoms with Crippen LogP contribution in [0.2, 0.25) is 10.0 Å². The Labute approximate surface area is 185 Å². The molecule has 0 unspecified atom stereocenters. The van der Waals surface area contributed by atoms with E-state index in [4.69, 9.17) is 27.7 Å². The Bertz CT molecular complexity index is 1260. The first-order chi connectivity index (χ1) is 14.9. The highest BCUT2D eigenvalue weighted by molar-refractivity contribution is 6.40. The first kappa shape index (κ1) is 20.9.